The highest BCUT2D eigenvalue weighted by atomic mass is 32.2. The molecule has 0 aliphatic heterocycles. The molecule has 0 heterocycles. The smallest absolute Gasteiger partial charge is 0.240 e. The van der Waals surface area contributed by atoms with Gasteiger partial charge in [-0.3, -0.25) is 0 Å². The minimum atomic E-state index is -3.41. The number of sulfonamides is 1. The van der Waals surface area contributed by atoms with E-state index in [1.807, 2.05) is 31.2 Å². The highest BCUT2D eigenvalue weighted by Gasteiger charge is 2.11. The lowest BCUT2D eigenvalue weighted by Crippen LogP contribution is -2.18. The molecule has 0 aliphatic rings. The van der Waals surface area contributed by atoms with Gasteiger partial charge in [-0.15, -0.1) is 0 Å². The summed E-state index contributed by atoms with van der Waals surface area (Å²) in [4.78, 5) is 0.232. The number of anilines is 2. The molecular formula is C15H19N3O2S. The Morgan fingerprint density at radius 1 is 1.05 bits per heavy atom. The lowest BCUT2D eigenvalue weighted by atomic mass is 10.1. The van der Waals surface area contributed by atoms with Crippen LogP contribution in [0.15, 0.2) is 53.4 Å². The number of nitrogens with one attached hydrogen (secondary N) is 2. The first-order valence-electron chi connectivity index (χ1n) is 6.59. The number of nitrogens with two attached hydrogens (primary N) is 1. The average molecular weight is 305 g/mol. The minimum Gasteiger partial charge on any atom is -0.355 e. The molecule has 2 rings (SSSR count). The standard InChI is InChI=1S/C15H19N3O2S/c1-11(16)14-5-3-4-6-15(14)18-12-7-9-13(10-8-12)21(19,20)17-2/h3-11,17-18H,16H2,1-2H3. The van der Waals surface area contributed by atoms with Gasteiger partial charge in [-0.05, 0) is 49.9 Å². The van der Waals surface area contributed by atoms with E-state index in [0.717, 1.165) is 16.9 Å². The molecule has 0 aliphatic carbocycles. The first kappa shape index (κ1) is 15.5. The third kappa shape index (κ3) is 3.60. The number of benzene rings is 2. The lowest BCUT2D eigenvalue weighted by Gasteiger charge is -2.14. The molecule has 0 fully saturated rings. The van der Waals surface area contributed by atoms with Crippen LogP contribution in [0, 0.1) is 0 Å². The Bertz CT molecular complexity index is 710. The molecule has 0 amide bonds. The van der Waals surface area contributed by atoms with Crippen molar-refractivity contribution in [1.29, 1.82) is 0 Å². The van der Waals surface area contributed by atoms with Crippen molar-refractivity contribution in [1.82, 2.24) is 4.72 Å². The molecule has 0 aromatic heterocycles. The van der Waals surface area contributed by atoms with E-state index in [4.69, 9.17) is 5.73 Å². The molecule has 1 atom stereocenters. The molecule has 2 aromatic carbocycles. The van der Waals surface area contributed by atoms with Crippen molar-refractivity contribution in [3.63, 3.8) is 0 Å². The van der Waals surface area contributed by atoms with Gasteiger partial charge in [0.1, 0.15) is 0 Å². The molecule has 21 heavy (non-hydrogen) atoms. The highest BCUT2D eigenvalue weighted by Crippen LogP contribution is 2.25. The maximum absolute atomic E-state index is 11.7. The zero-order valence-corrected chi connectivity index (χ0v) is 12.8. The van der Waals surface area contributed by atoms with Crippen LogP contribution in [0.4, 0.5) is 11.4 Å². The molecule has 0 saturated heterocycles. The Morgan fingerprint density at radius 3 is 2.24 bits per heavy atom. The van der Waals surface area contributed by atoms with Gasteiger partial charge >= 0.3 is 0 Å². The van der Waals surface area contributed by atoms with Gasteiger partial charge in [0.05, 0.1) is 4.90 Å². The van der Waals surface area contributed by atoms with E-state index in [-0.39, 0.29) is 10.9 Å². The van der Waals surface area contributed by atoms with Crippen molar-refractivity contribution in [2.24, 2.45) is 5.73 Å². The van der Waals surface area contributed by atoms with Crippen LogP contribution in [-0.2, 0) is 10.0 Å². The molecule has 2 aromatic rings. The molecule has 0 radical (unpaired) electrons. The topological polar surface area (TPSA) is 84.2 Å². The van der Waals surface area contributed by atoms with Crippen molar-refractivity contribution in [2.45, 2.75) is 17.9 Å². The summed E-state index contributed by atoms with van der Waals surface area (Å²) in [7, 11) is -2.02. The van der Waals surface area contributed by atoms with Crippen LogP contribution >= 0.6 is 0 Å². The SMILES string of the molecule is CNS(=O)(=O)c1ccc(Nc2ccccc2C(C)N)cc1. The van der Waals surface area contributed by atoms with Crippen LogP contribution in [0.1, 0.15) is 18.5 Å². The summed E-state index contributed by atoms with van der Waals surface area (Å²) in [6.07, 6.45) is 0. The maximum Gasteiger partial charge on any atom is 0.240 e. The quantitative estimate of drug-likeness (QED) is 0.791. The Balaban J connectivity index is 2.26. The molecular weight excluding hydrogens is 286 g/mol. The number of rotatable bonds is 5. The Kier molecular flexibility index (Phi) is 4.62. The van der Waals surface area contributed by atoms with Crippen molar-refractivity contribution in [3.05, 3.63) is 54.1 Å². The van der Waals surface area contributed by atoms with Gasteiger partial charge in [0.25, 0.3) is 0 Å². The number of hydrogen-bond donors (Lipinski definition) is 3. The van der Waals surface area contributed by atoms with Crippen LogP contribution in [0.2, 0.25) is 0 Å². The van der Waals surface area contributed by atoms with Crippen molar-refractivity contribution in [2.75, 3.05) is 12.4 Å². The van der Waals surface area contributed by atoms with Crippen LogP contribution in [0.3, 0.4) is 0 Å². The Morgan fingerprint density at radius 2 is 1.67 bits per heavy atom. The largest absolute Gasteiger partial charge is 0.355 e. The minimum absolute atomic E-state index is 0.0855. The third-order valence-electron chi connectivity index (χ3n) is 3.16. The monoisotopic (exact) mass is 305 g/mol. The zero-order chi connectivity index (χ0) is 15.5. The van der Waals surface area contributed by atoms with Gasteiger partial charge in [0, 0.05) is 17.4 Å². The van der Waals surface area contributed by atoms with Gasteiger partial charge in [-0.1, -0.05) is 18.2 Å². The molecule has 0 spiro atoms. The average Bonchev–Trinajstić information content (AvgIpc) is 2.48. The van der Waals surface area contributed by atoms with Crippen molar-refractivity contribution >= 4 is 21.4 Å². The van der Waals surface area contributed by atoms with Crippen molar-refractivity contribution in [3.8, 4) is 0 Å². The predicted octanol–water partition coefficient (Wildman–Crippen LogP) is 2.36. The highest BCUT2D eigenvalue weighted by molar-refractivity contribution is 7.89. The summed E-state index contributed by atoms with van der Waals surface area (Å²) in [5, 5.41) is 3.26. The summed E-state index contributed by atoms with van der Waals surface area (Å²) in [5.41, 5.74) is 8.66. The van der Waals surface area contributed by atoms with E-state index in [1.54, 1.807) is 24.3 Å². The fourth-order valence-corrected chi connectivity index (χ4v) is 2.73. The Labute approximate surface area is 125 Å². The van der Waals surface area contributed by atoms with Crippen LogP contribution in [0.25, 0.3) is 0 Å². The molecule has 112 valence electrons. The van der Waals surface area contributed by atoms with Crippen LogP contribution in [-0.4, -0.2) is 15.5 Å². The van der Waals surface area contributed by atoms with Crippen LogP contribution in [0.5, 0.6) is 0 Å². The van der Waals surface area contributed by atoms with E-state index in [9.17, 15) is 8.42 Å². The zero-order valence-electron chi connectivity index (χ0n) is 12.0. The van der Waals surface area contributed by atoms with Gasteiger partial charge in [0.2, 0.25) is 10.0 Å². The Hall–Kier alpha value is -1.89. The summed E-state index contributed by atoms with van der Waals surface area (Å²) in [5.74, 6) is 0. The second-order valence-corrected chi connectivity index (χ2v) is 6.62. The second kappa shape index (κ2) is 6.26. The number of para-hydroxylation sites is 1. The second-order valence-electron chi connectivity index (χ2n) is 4.73. The molecule has 0 bridgehead atoms. The first-order chi connectivity index (χ1) is 9.94. The van der Waals surface area contributed by atoms with E-state index >= 15 is 0 Å². The third-order valence-corrected chi connectivity index (χ3v) is 4.59. The van der Waals surface area contributed by atoms with Gasteiger partial charge < -0.3 is 11.1 Å². The first-order valence-corrected chi connectivity index (χ1v) is 8.07. The van der Waals surface area contributed by atoms with E-state index in [1.165, 1.54) is 7.05 Å². The maximum atomic E-state index is 11.7. The molecule has 6 heteroatoms. The normalized spacial score (nSPS) is 12.9. The van der Waals surface area contributed by atoms with E-state index < -0.39 is 10.0 Å². The van der Waals surface area contributed by atoms with Gasteiger partial charge in [-0.2, -0.15) is 0 Å². The van der Waals surface area contributed by atoms with Crippen LogP contribution < -0.4 is 15.8 Å². The number of hydrogen-bond acceptors (Lipinski definition) is 4. The lowest BCUT2D eigenvalue weighted by molar-refractivity contribution is 0.588. The van der Waals surface area contributed by atoms with Crippen molar-refractivity contribution < 1.29 is 8.42 Å². The molecule has 4 N–H and O–H groups in total. The molecule has 1 unspecified atom stereocenters. The fraction of sp³-hybridized carbons (Fsp3) is 0.200. The fourth-order valence-electron chi connectivity index (χ4n) is 2.00. The summed E-state index contributed by atoms with van der Waals surface area (Å²) < 4.78 is 25.6. The van der Waals surface area contributed by atoms with E-state index in [2.05, 4.69) is 10.0 Å². The summed E-state index contributed by atoms with van der Waals surface area (Å²) in [6, 6.07) is 14.2. The van der Waals surface area contributed by atoms with Gasteiger partial charge in [-0.25, -0.2) is 13.1 Å². The molecule has 0 saturated carbocycles. The molecule has 5 nitrogen and oxygen atoms in total. The summed E-state index contributed by atoms with van der Waals surface area (Å²) in [6.45, 7) is 1.92. The summed E-state index contributed by atoms with van der Waals surface area (Å²) >= 11 is 0. The van der Waals surface area contributed by atoms with Gasteiger partial charge in [0.15, 0.2) is 0 Å². The predicted molar refractivity (Wildman–Crippen MR) is 85.0 cm³/mol. The van der Waals surface area contributed by atoms with E-state index in [0.29, 0.717) is 0 Å².